The van der Waals surface area contributed by atoms with Gasteiger partial charge in [0.1, 0.15) is 6.04 Å². The molecule has 1 rings (SSSR count). The summed E-state index contributed by atoms with van der Waals surface area (Å²) in [5.74, 6) is -0.0286. The molecule has 1 heterocycles. The SMILES string of the molecule is C.CN[C@H]1CN(CCOC)C1=O.[CH-]=C(NC)C(=O)N([CH]=[W])CCOC. The molecule has 1 fully saturated rings. The van der Waals surface area contributed by atoms with E-state index in [1.807, 2.05) is 0 Å². The number of carbonyl (C=O) groups excluding carboxylic acids is 2. The zero-order chi connectivity index (χ0) is 18.5. The summed E-state index contributed by atoms with van der Waals surface area (Å²) in [6.45, 7) is 8.62. The molecule has 2 N–H and O–H groups in total. The van der Waals surface area contributed by atoms with Gasteiger partial charge >= 0.3 is 89.1 Å². The molecular weight excluding hydrogens is 496 g/mol. The van der Waals surface area contributed by atoms with E-state index in [2.05, 4.69) is 10.6 Å². The number of β-lactam (4-membered cyclic amide) rings is 1. The molecule has 0 aromatic rings. The number of amides is 2. The molecular formula is C16H31N4O4W-. The van der Waals surface area contributed by atoms with E-state index in [4.69, 9.17) is 16.1 Å². The van der Waals surface area contributed by atoms with Gasteiger partial charge in [-0.1, -0.05) is 7.43 Å². The van der Waals surface area contributed by atoms with Crippen LogP contribution in [0.25, 0.3) is 0 Å². The van der Waals surface area contributed by atoms with Crippen LogP contribution in [0.3, 0.4) is 0 Å². The van der Waals surface area contributed by atoms with E-state index in [1.54, 1.807) is 37.7 Å². The Morgan fingerprint density at radius 2 is 2.00 bits per heavy atom. The Morgan fingerprint density at radius 3 is 2.40 bits per heavy atom. The Bertz CT molecular complexity index is 432. The fraction of sp³-hybridized carbons (Fsp3) is 0.688. The third kappa shape index (κ3) is 9.25. The molecule has 0 saturated carbocycles. The predicted molar refractivity (Wildman–Crippen MR) is 94.6 cm³/mol. The van der Waals surface area contributed by atoms with Gasteiger partial charge in [0, 0.05) is 20.2 Å². The minimum atomic E-state index is -0.213. The van der Waals surface area contributed by atoms with Crippen molar-refractivity contribution in [2.75, 3.05) is 61.2 Å². The van der Waals surface area contributed by atoms with Crippen molar-refractivity contribution in [3.8, 4) is 0 Å². The van der Waals surface area contributed by atoms with Gasteiger partial charge in [-0.25, -0.2) is 0 Å². The van der Waals surface area contributed by atoms with Crippen LogP contribution in [0.4, 0.5) is 0 Å². The number of ether oxygens (including phenoxy) is 2. The minimum absolute atomic E-state index is 0. The fourth-order valence-electron chi connectivity index (χ4n) is 1.77. The van der Waals surface area contributed by atoms with Crippen LogP contribution < -0.4 is 10.6 Å². The Hall–Kier alpha value is -1.08. The van der Waals surface area contributed by atoms with Gasteiger partial charge in [0.2, 0.25) is 5.91 Å². The van der Waals surface area contributed by atoms with Crippen LogP contribution in [0, 0.1) is 6.58 Å². The molecule has 2 amide bonds. The number of likely N-dealkylation sites (tertiary alicyclic amines) is 1. The average Bonchev–Trinajstić information content (AvgIpc) is 2.60. The molecule has 25 heavy (non-hydrogen) atoms. The number of nitrogens with zero attached hydrogens (tertiary/aromatic N) is 2. The molecule has 0 unspecified atom stereocenters. The fourth-order valence-corrected chi connectivity index (χ4v) is 2.49. The van der Waals surface area contributed by atoms with Crippen molar-refractivity contribution in [3.05, 3.63) is 12.3 Å². The molecule has 0 aromatic carbocycles. The number of carbonyl (C=O) groups is 2. The molecule has 0 aromatic heterocycles. The summed E-state index contributed by atoms with van der Waals surface area (Å²) in [4.78, 5) is 25.9. The Balaban J connectivity index is 0. The average molecular weight is 527 g/mol. The van der Waals surface area contributed by atoms with Gasteiger partial charge in [0.25, 0.3) is 0 Å². The van der Waals surface area contributed by atoms with Crippen LogP contribution in [0.2, 0.25) is 0 Å². The van der Waals surface area contributed by atoms with Crippen LogP contribution >= 0.6 is 0 Å². The Labute approximate surface area is 162 Å². The molecule has 0 spiro atoms. The van der Waals surface area contributed by atoms with E-state index in [0.29, 0.717) is 26.3 Å². The van der Waals surface area contributed by atoms with Gasteiger partial charge in [0.05, 0.1) is 6.61 Å². The van der Waals surface area contributed by atoms with Gasteiger partial charge in [-0.15, -0.1) is 0 Å². The second kappa shape index (κ2) is 15.2. The van der Waals surface area contributed by atoms with Crippen molar-refractivity contribution in [1.29, 1.82) is 0 Å². The molecule has 8 nitrogen and oxygen atoms in total. The maximum atomic E-state index is 11.4. The number of hydrogen-bond acceptors (Lipinski definition) is 6. The van der Waals surface area contributed by atoms with Gasteiger partial charge in [-0.05, 0) is 7.05 Å². The van der Waals surface area contributed by atoms with Crippen molar-refractivity contribution < 1.29 is 38.4 Å². The molecule has 9 heteroatoms. The standard InChI is InChI=1S/C8H13N2O2.C7H14N2O2.CH4.W/c1-7(9-2)8(11)10(3)5-6-12-4;1-8-6-5-9(7(6)10)3-4-11-2;;/h1,3,9H,5-6H2,2,4H3;6,8H,3-5H2,1-2H3;1H4;/q-1;;;/t;6-;;/m.0../s1. The van der Waals surface area contributed by atoms with Gasteiger partial charge in [0.15, 0.2) is 0 Å². The van der Waals surface area contributed by atoms with E-state index in [0.717, 1.165) is 6.54 Å². The molecule has 146 valence electrons. The summed E-state index contributed by atoms with van der Waals surface area (Å²) in [5.41, 5.74) is 0.147. The van der Waals surface area contributed by atoms with Gasteiger partial charge < -0.3 is 15.0 Å². The Kier molecular flexibility index (Phi) is 15.9. The third-order valence-corrected chi connectivity index (χ3v) is 4.26. The van der Waals surface area contributed by atoms with E-state index in [1.165, 1.54) is 24.3 Å². The third-order valence-electron chi connectivity index (χ3n) is 3.35. The topological polar surface area (TPSA) is 83.1 Å². The number of likely N-dealkylation sites (N-methyl/N-ethyl adjacent to an activating group) is 2. The first-order valence-electron chi connectivity index (χ1n) is 7.47. The summed E-state index contributed by atoms with van der Waals surface area (Å²) in [5, 5.41) is 5.53. The number of rotatable bonds is 10. The van der Waals surface area contributed by atoms with Crippen molar-refractivity contribution in [2.24, 2.45) is 0 Å². The van der Waals surface area contributed by atoms with E-state index < -0.39 is 0 Å². The van der Waals surface area contributed by atoms with Crippen molar-refractivity contribution in [3.63, 3.8) is 0 Å². The van der Waals surface area contributed by atoms with E-state index >= 15 is 0 Å². The second-order valence-corrected chi connectivity index (χ2v) is 5.64. The molecule has 0 radical (unpaired) electrons. The molecule has 1 atom stereocenters. The van der Waals surface area contributed by atoms with Gasteiger partial charge in [-0.2, -0.15) is 0 Å². The molecule has 0 bridgehead atoms. The number of hydrogen-bond donors (Lipinski definition) is 2. The molecule has 1 aliphatic rings. The zero-order valence-corrected chi connectivity index (χ0v) is 17.6. The van der Waals surface area contributed by atoms with Crippen LogP contribution in [0.5, 0.6) is 0 Å². The summed E-state index contributed by atoms with van der Waals surface area (Å²) in [6.07, 6.45) is 0. The van der Waals surface area contributed by atoms with Crippen molar-refractivity contribution in [1.82, 2.24) is 20.4 Å². The molecule has 1 aliphatic heterocycles. The molecule has 1 saturated heterocycles. The summed E-state index contributed by atoms with van der Waals surface area (Å²) >= 11 is 1.20. The zero-order valence-electron chi connectivity index (χ0n) is 14.7. The Morgan fingerprint density at radius 1 is 1.40 bits per heavy atom. The van der Waals surface area contributed by atoms with Crippen molar-refractivity contribution >= 4 is 16.3 Å². The first-order chi connectivity index (χ1) is 11.5. The first-order valence-corrected chi connectivity index (χ1v) is 9.16. The predicted octanol–water partition coefficient (Wildman–Crippen LogP) is -0.997. The quantitative estimate of drug-likeness (QED) is 0.216. The number of methoxy groups -OCH3 is 2. The van der Waals surface area contributed by atoms with Crippen LogP contribution in [-0.2, 0) is 38.4 Å². The van der Waals surface area contributed by atoms with Gasteiger partial charge in [-0.3, -0.25) is 4.79 Å². The first kappa shape index (κ1) is 26.2. The maximum absolute atomic E-state index is 11.4. The molecule has 0 aliphatic carbocycles. The monoisotopic (exact) mass is 527 g/mol. The van der Waals surface area contributed by atoms with Crippen molar-refractivity contribution in [2.45, 2.75) is 13.5 Å². The normalized spacial score (nSPS) is 15.1. The van der Waals surface area contributed by atoms with E-state index in [-0.39, 0.29) is 31.0 Å². The number of nitrogens with one attached hydrogen (secondary N) is 2. The summed E-state index contributed by atoms with van der Waals surface area (Å²) < 4.78 is 11.5. The summed E-state index contributed by atoms with van der Waals surface area (Å²) in [7, 11) is 6.65. The second-order valence-electron chi connectivity index (χ2n) is 4.88. The van der Waals surface area contributed by atoms with E-state index in [9.17, 15) is 9.59 Å². The van der Waals surface area contributed by atoms with Crippen LogP contribution in [-0.4, -0.2) is 93.3 Å². The van der Waals surface area contributed by atoms with Crippen LogP contribution in [0.1, 0.15) is 7.43 Å². The summed E-state index contributed by atoms with van der Waals surface area (Å²) in [6, 6.07) is 0.0480. The van der Waals surface area contributed by atoms with Crippen LogP contribution in [0.15, 0.2) is 5.70 Å².